The minimum atomic E-state index is -4.14. The smallest absolute Gasteiger partial charge is 0.378 e. The van der Waals surface area contributed by atoms with Gasteiger partial charge in [-0.2, -0.15) is 8.78 Å². The molecule has 0 radical (unpaired) electrons. The van der Waals surface area contributed by atoms with E-state index in [2.05, 4.69) is 0 Å². The third-order valence-corrected chi connectivity index (χ3v) is 3.09. The van der Waals surface area contributed by atoms with Crippen LogP contribution in [-0.2, 0) is 9.53 Å². The van der Waals surface area contributed by atoms with Crippen molar-refractivity contribution < 1.29 is 28.2 Å². The Labute approximate surface area is 121 Å². The van der Waals surface area contributed by atoms with E-state index < -0.39 is 29.9 Å². The number of ether oxygens (including phenoxy) is 1. The van der Waals surface area contributed by atoms with Gasteiger partial charge >= 0.3 is 17.9 Å². The van der Waals surface area contributed by atoms with E-state index in [0.29, 0.717) is 5.56 Å². The van der Waals surface area contributed by atoms with E-state index in [4.69, 9.17) is 9.84 Å². The zero-order chi connectivity index (χ0) is 16.4. The summed E-state index contributed by atoms with van der Waals surface area (Å²) in [5.41, 5.74) is 1.51. The second kappa shape index (κ2) is 6.20. The Morgan fingerprint density at radius 1 is 1.24 bits per heavy atom. The third kappa shape index (κ3) is 3.77. The molecule has 1 unspecified atom stereocenters. The molecule has 1 N–H and O–H groups in total. The molecule has 0 saturated carbocycles. The molecule has 0 spiro atoms. The van der Waals surface area contributed by atoms with Crippen LogP contribution in [0, 0.1) is 19.8 Å². The van der Waals surface area contributed by atoms with Crippen LogP contribution in [0.5, 0.6) is 0 Å². The Kier molecular flexibility index (Phi) is 5.04. The first-order valence-electron chi connectivity index (χ1n) is 6.46. The molecule has 1 rings (SSSR count). The Morgan fingerprint density at radius 3 is 2.29 bits per heavy atom. The third-order valence-electron chi connectivity index (χ3n) is 3.09. The summed E-state index contributed by atoms with van der Waals surface area (Å²) in [6, 6.07) is 4.97. The second-order valence-electron chi connectivity index (χ2n) is 5.32. The molecule has 1 aromatic rings. The topological polar surface area (TPSA) is 63.6 Å². The highest BCUT2D eigenvalue weighted by Crippen LogP contribution is 2.28. The standard InChI is InChI=1S/C15H18F2O4/c1-8(2)12(15(16,17)14(19)20)21-13(18)11-7-9(3)5-6-10(11)4/h5-8,12H,1-4H3,(H,19,20). The van der Waals surface area contributed by atoms with Crippen LogP contribution in [-0.4, -0.2) is 29.1 Å². The Morgan fingerprint density at radius 2 is 1.81 bits per heavy atom. The van der Waals surface area contributed by atoms with Crippen molar-refractivity contribution in [3.8, 4) is 0 Å². The number of hydrogen-bond acceptors (Lipinski definition) is 3. The summed E-state index contributed by atoms with van der Waals surface area (Å²) in [5.74, 6) is -8.24. The maximum atomic E-state index is 13.6. The van der Waals surface area contributed by atoms with Crippen LogP contribution in [0.1, 0.15) is 35.3 Å². The summed E-state index contributed by atoms with van der Waals surface area (Å²) in [6.07, 6.45) is -2.03. The number of aryl methyl sites for hydroxylation is 2. The summed E-state index contributed by atoms with van der Waals surface area (Å²) in [4.78, 5) is 22.7. The molecule has 0 saturated heterocycles. The number of alkyl halides is 2. The number of carbonyl (C=O) groups excluding carboxylic acids is 1. The average molecular weight is 300 g/mol. The second-order valence-corrected chi connectivity index (χ2v) is 5.32. The maximum absolute atomic E-state index is 13.6. The molecule has 1 atom stereocenters. The SMILES string of the molecule is Cc1ccc(C)c(C(=O)OC(C(C)C)C(F)(F)C(=O)O)c1. The monoisotopic (exact) mass is 300 g/mol. The summed E-state index contributed by atoms with van der Waals surface area (Å²) in [6.45, 7) is 6.15. The molecule has 116 valence electrons. The molecular weight excluding hydrogens is 282 g/mol. The van der Waals surface area contributed by atoms with Gasteiger partial charge < -0.3 is 9.84 Å². The molecule has 0 bridgehead atoms. The fourth-order valence-corrected chi connectivity index (χ4v) is 1.88. The predicted octanol–water partition coefficient (Wildman–Crippen LogP) is 3.20. The molecule has 6 heteroatoms. The molecule has 0 aliphatic rings. The van der Waals surface area contributed by atoms with Gasteiger partial charge in [-0.3, -0.25) is 0 Å². The van der Waals surface area contributed by atoms with Crippen molar-refractivity contribution in [3.05, 3.63) is 34.9 Å². The van der Waals surface area contributed by atoms with Gasteiger partial charge in [0.1, 0.15) is 0 Å². The van der Waals surface area contributed by atoms with Crippen molar-refractivity contribution in [2.24, 2.45) is 5.92 Å². The first-order chi connectivity index (χ1) is 9.57. The molecule has 4 nitrogen and oxygen atoms in total. The van der Waals surface area contributed by atoms with E-state index >= 15 is 0 Å². The largest absolute Gasteiger partial charge is 0.477 e. The first-order valence-corrected chi connectivity index (χ1v) is 6.46. The molecule has 0 aromatic heterocycles. The number of esters is 1. The molecule has 0 aliphatic carbocycles. The highest BCUT2D eigenvalue weighted by molar-refractivity contribution is 5.91. The van der Waals surface area contributed by atoms with Gasteiger partial charge in [0.25, 0.3) is 0 Å². The van der Waals surface area contributed by atoms with Crippen LogP contribution in [0.25, 0.3) is 0 Å². The number of carboxylic acids is 1. The lowest BCUT2D eigenvalue weighted by Crippen LogP contribution is -2.47. The van der Waals surface area contributed by atoms with Crippen LogP contribution in [0.15, 0.2) is 18.2 Å². The Bertz CT molecular complexity index is 553. The molecule has 0 aliphatic heterocycles. The number of hydrogen-bond donors (Lipinski definition) is 1. The quantitative estimate of drug-likeness (QED) is 0.848. The van der Waals surface area contributed by atoms with Gasteiger partial charge in [0.2, 0.25) is 0 Å². The van der Waals surface area contributed by atoms with Crippen LogP contribution in [0.2, 0.25) is 0 Å². The van der Waals surface area contributed by atoms with Crippen molar-refractivity contribution in [2.75, 3.05) is 0 Å². The van der Waals surface area contributed by atoms with Crippen molar-refractivity contribution in [1.82, 2.24) is 0 Å². The summed E-state index contributed by atoms with van der Waals surface area (Å²) >= 11 is 0. The number of carbonyl (C=O) groups is 2. The zero-order valence-corrected chi connectivity index (χ0v) is 12.3. The lowest BCUT2D eigenvalue weighted by Gasteiger charge is -2.26. The summed E-state index contributed by atoms with van der Waals surface area (Å²) in [5, 5.41) is 8.60. The maximum Gasteiger partial charge on any atom is 0.378 e. The minimum absolute atomic E-state index is 0.154. The van der Waals surface area contributed by atoms with Gasteiger partial charge in [-0.15, -0.1) is 0 Å². The molecule has 0 heterocycles. The highest BCUT2D eigenvalue weighted by Gasteiger charge is 2.51. The summed E-state index contributed by atoms with van der Waals surface area (Å²) < 4.78 is 32.1. The lowest BCUT2D eigenvalue weighted by atomic mass is 10.00. The lowest BCUT2D eigenvalue weighted by molar-refractivity contribution is -0.187. The van der Waals surface area contributed by atoms with Gasteiger partial charge in [-0.25, -0.2) is 9.59 Å². The molecule has 0 fully saturated rings. The van der Waals surface area contributed by atoms with E-state index in [9.17, 15) is 18.4 Å². The summed E-state index contributed by atoms with van der Waals surface area (Å²) in [7, 11) is 0. The van der Waals surface area contributed by atoms with E-state index in [1.54, 1.807) is 26.0 Å². The van der Waals surface area contributed by atoms with Gasteiger partial charge in [-0.1, -0.05) is 31.5 Å². The average Bonchev–Trinajstić information content (AvgIpc) is 2.37. The molecular formula is C15H18F2O4. The van der Waals surface area contributed by atoms with E-state index in [0.717, 1.165) is 5.56 Å². The number of benzene rings is 1. The number of rotatable bonds is 5. The van der Waals surface area contributed by atoms with Crippen molar-refractivity contribution in [2.45, 2.75) is 39.7 Å². The fraction of sp³-hybridized carbons (Fsp3) is 0.467. The zero-order valence-electron chi connectivity index (χ0n) is 12.3. The van der Waals surface area contributed by atoms with Gasteiger partial charge in [-0.05, 0) is 31.4 Å². The van der Waals surface area contributed by atoms with E-state index in [-0.39, 0.29) is 5.56 Å². The number of aliphatic carboxylic acids is 1. The van der Waals surface area contributed by atoms with Crippen LogP contribution >= 0.6 is 0 Å². The van der Waals surface area contributed by atoms with Gasteiger partial charge in [0, 0.05) is 0 Å². The predicted molar refractivity (Wildman–Crippen MR) is 72.5 cm³/mol. The van der Waals surface area contributed by atoms with Gasteiger partial charge in [0.15, 0.2) is 6.10 Å². The normalized spacial score (nSPS) is 13.1. The van der Waals surface area contributed by atoms with Crippen LogP contribution in [0.4, 0.5) is 8.78 Å². The van der Waals surface area contributed by atoms with E-state index in [1.165, 1.54) is 19.9 Å². The van der Waals surface area contributed by atoms with Crippen molar-refractivity contribution in [1.29, 1.82) is 0 Å². The number of carboxylic acid groups (broad SMARTS) is 1. The Hall–Kier alpha value is -1.98. The molecule has 1 aromatic carbocycles. The van der Waals surface area contributed by atoms with Crippen LogP contribution < -0.4 is 0 Å². The van der Waals surface area contributed by atoms with Crippen molar-refractivity contribution in [3.63, 3.8) is 0 Å². The highest BCUT2D eigenvalue weighted by atomic mass is 19.3. The Balaban J connectivity index is 3.08. The van der Waals surface area contributed by atoms with Gasteiger partial charge in [0.05, 0.1) is 5.56 Å². The molecule has 0 amide bonds. The number of halogens is 2. The van der Waals surface area contributed by atoms with Crippen molar-refractivity contribution >= 4 is 11.9 Å². The van der Waals surface area contributed by atoms with Crippen LogP contribution in [0.3, 0.4) is 0 Å². The minimum Gasteiger partial charge on any atom is -0.477 e. The fourth-order valence-electron chi connectivity index (χ4n) is 1.88. The molecule has 21 heavy (non-hydrogen) atoms. The van der Waals surface area contributed by atoms with E-state index in [1.807, 2.05) is 0 Å². The first kappa shape index (κ1) is 17.1.